The number of anilines is 2. The number of hydrogen-bond donors (Lipinski definition) is 1. The Hall–Kier alpha value is -2.46. The molecule has 0 bridgehead atoms. The molecule has 1 heterocycles. The number of nitrogens with zero attached hydrogens (tertiary/aromatic N) is 1. The highest BCUT2D eigenvalue weighted by atomic mass is 35.5. The van der Waals surface area contributed by atoms with E-state index in [0.29, 0.717) is 11.3 Å². The van der Waals surface area contributed by atoms with E-state index in [1.165, 1.54) is 0 Å². The van der Waals surface area contributed by atoms with Gasteiger partial charge < -0.3 is 14.6 Å². The van der Waals surface area contributed by atoms with Crippen molar-refractivity contribution in [3.8, 4) is 0 Å². The number of para-hydroxylation sites is 1. The molecule has 1 N–H and O–H groups in total. The van der Waals surface area contributed by atoms with E-state index >= 15 is 0 Å². The molecule has 0 atom stereocenters. The average molecular weight is 317 g/mol. The van der Waals surface area contributed by atoms with Gasteiger partial charge in [0.2, 0.25) is 0 Å². The van der Waals surface area contributed by atoms with Gasteiger partial charge in [-0.25, -0.2) is 0 Å². The number of nitrogens with one attached hydrogen (secondary N) is 1. The topological polar surface area (TPSA) is 45.5 Å². The Bertz CT molecular complexity index is 746. The molecular weight excluding hydrogens is 300 g/mol. The molecule has 0 aliphatic carbocycles. The van der Waals surface area contributed by atoms with Crippen molar-refractivity contribution >= 4 is 40.7 Å². The molecule has 4 nitrogen and oxygen atoms in total. The number of fused-ring (bicyclic) bond motifs is 1. The van der Waals surface area contributed by atoms with Crippen LogP contribution in [0.1, 0.15) is 10.6 Å². The molecule has 0 aliphatic rings. The summed E-state index contributed by atoms with van der Waals surface area (Å²) in [5, 5.41) is 3.76. The monoisotopic (exact) mass is 316 g/mol. The smallest absolute Gasteiger partial charge is 0.291 e. The van der Waals surface area contributed by atoms with Crippen molar-refractivity contribution in [2.24, 2.45) is 0 Å². The summed E-state index contributed by atoms with van der Waals surface area (Å²) in [6.45, 7) is 0. The van der Waals surface area contributed by atoms with E-state index in [2.05, 4.69) is 5.32 Å². The van der Waals surface area contributed by atoms with Gasteiger partial charge in [-0.1, -0.05) is 18.2 Å². The molecule has 0 aliphatic heterocycles. The molecule has 0 fully saturated rings. The molecule has 1 aromatic heterocycles. The molecule has 0 saturated heterocycles. The normalized spacial score (nSPS) is 10.1. The number of benzene rings is 2. The number of amides is 1. The third-order valence-corrected chi connectivity index (χ3v) is 3.29. The second kappa shape index (κ2) is 6.54. The fraction of sp³-hybridized carbons (Fsp3) is 0.118. The minimum absolute atomic E-state index is 0. The van der Waals surface area contributed by atoms with Crippen molar-refractivity contribution in [1.82, 2.24) is 0 Å². The quantitative estimate of drug-likeness (QED) is 0.788. The van der Waals surface area contributed by atoms with E-state index in [-0.39, 0.29) is 18.3 Å². The standard InChI is InChI=1S/C17H16N2O2.ClH/c1-19(2)14-9-7-13(8-10-14)18-17(20)16-11-12-5-3-4-6-15(12)21-16;/h3-11H,1-2H3,(H,18,20);1H. The third-order valence-electron chi connectivity index (χ3n) is 3.29. The van der Waals surface area contributed by atoms with Gasteiger partial charge in [-0.15, -0.1) is 12.4 Å². The summed E-state index contributed by atoms with van der Waals surface area (Å²) < 4.78 is 5.54. The Balaban J connectivity index is 0.00000176. The van der Waals surface area contributed by atoms with Crippen molar-refractivity contribution in [2.75, 3.05) is 24.3 Å². The first-order valence-electron chi connectivity index (χ1n) is 6.71. The summed E-state index contributed by atoms with van der Waals surface area (Å²) in [5.41, 5.74) is 2.54. The Morgan fingerprint density at radius 3 is 2.36 bits per heavy atom. The molecule has 5 heteroatoms. The highest BCUT2D eigenvalue weighted by Crippen LogP contribution is 2.21. The highest BCUT2D eigenvalue weighted by molar-refractivity contribution is 6.04. The lowest BCUT2D eigenvalue weighted by Gasteiger charge is -2.12. The lowest BCUT2D eigenvalue weighted by Crippen LogP contribution is -2.11. The minimum atomic E-state index is -0.246. The number of carbonyl (C=O) groups excluding carboxylic acids is 1. The van der Waals surface area contributed by atoms with Crippen LogP contribution in [0.5, 0.6) is 0 Å². The molecule has 0 radical (unpaired) electrons. The molecule has 3 rings (SSSR count). The predicted octanol–water partition coefficient (Wildman–Crippen LogP) is 4.17. The van der Waals surface area contributed by atoms with Crippen molar-refractivity contribution in [1.29, 1.82) is 0 Å². The second-order valence-electron chi connectivity index (χ2n) is 5.04. The molecule has 3 aromatic rings. The Morgan fingerprint density at radius 2 is 1.73 bits per heavy atom. The summed E-state index contributed by atoms with van der Waals surface area (Å²) in [6, 6.07) is 17.0. The van der Waals surface area contributed by atoms with Crippen LogP contribution >= 0.6 is 12.4 Å². The van der Waals surface area contributed by atoms with Crippen LogP contribution in [-0.4, -0.2) is 20.0 Å². The SMILES string of the molecule is CN(C)c1ccc(NC(=O)c2cc3ccccc3o2)cc1.Cl. The first-order chi connectivity index (χ1) is 10.1. The molecule has 22 heavy (non-hydrogen) atoms. The van der Waals surface area contributed by atoms with E-state index < -0.39 is 0 Å². The molecular formula is C17H17ClN2O2. The molecule has 1 amide bonds. The predicted molar refractivity (Wildman–Crippen MR) is 92.2 cm³/mol. The minimum Gasteiger partial charge on any atom is -0.451 e. The fourth-order valence-corrected chi connectivity index (χ4v) is 2.13. The Labute approximate surface area is 135 Å². The zero-order chi connectivity index (χ0) is 14.8. The number of halogens is 1. The van der Waals surface area contributed by atoms with Crippen LogP contribution in [0, 0.1) is 0 Å². The molecule has 2 aromatic carbocycles. The van der Waals surface area contributed by atoms with Gasteiger partial charge >= 0.3 is 0 Å². The van der Waals surface area contributed by atoms with Crippen molar-refractivity contribution in [3.63, 3.8) is 0 Å². The van der Waals surface area contributed by atoms with Gasteiger partial charge in [-0.05, 0) is 36.4 Å². The first kappa shape index (κ1) is 15.9. The zero-order valence-electron chi connectivity index (χ0n) is 12.4. The maximum absolute atomic E-state index is 12.2. The fourth-order valence-electron chi connectivity index (χ4n) is 2.13. The van der Waals surface area contributed by atoms with E-state index in [1.54, 1.807) is 6.07 Å². The molecule has 114 valence electrons. The van der Waals surface area contributed by atoms with E-state index in [4.69, 9.17) is 4.42 Å². The average Bonchev–Trinajstić information content (AvgIpc) is 2.92. The summed E-state index contributed by atoms with van der Waals surface area (Å²) in [5.74, 6) is 0.0664. The Morgan fingerprint density at radius 1 is 1.05 bits per heavy atom. The van der Waals surface area contributed by atoms with Gasteiger partial charge in [-0.2, -0.15) is 0 Å². The molecule has 0 unspecified atom stereocenters. The number of hydrogen-bond acceptors (Lipinski definition) is 3. The maximum atomic E-state index is 12.2. The lowest BCUT2D eigenvalue weighted by atomic mass is 10.2. The summed E-state index contributed by atoms with van der Waals surface area (Å²) in [4.78, 5) is 14.2. The van der Waals surface area contributed by atoms with Crippen LogP contribution < -0.4 is 10.2 Å². The van der Waals surface area contributed by atoms with Crippen LogP contribution in [0.15, 0.2) is 59.0 Å². The van der Waals surface area contributed by atoms with Crippen LogP contribution in [0.4, 0.5) is 11.4 Å². The van der Waals surface area contributed by atoms with Crippen molar-refractivity contribution in [3.05, 3.63) is 60.4 Å². The zero-order valence-corrected chi connectivity index (χ0v) is 13.2. The van der Waals surface area contributed by atoms with E-state index in [9.17, 15) is 4.79 Å². The van der Waals surface area contributed by atoms with E-state index in [1.807, 2.05) is 67.5 Å². The third kappa shape index (κ3) is 3.23. The van der Waals surface area contributed by atoms with Gasteiger partial charge in [0, 0.05) is 30.9 Å². The number of furan rings is 1. The van der Waals surface area contributed by atoms with Crippen LogP contribution in [0.25, 0.3) is 11.0 Å². The largest absolute Gasteiger partial charge is 0.451 e. The van der Waals surface area contributed by atoms with Crippen molar-refractivity contribution < 1.29 is 9.21 Å². The van der Waals surface area contributed by atoms with Crippen LogP contribution in [-0.2, 0) is 0 Å². The maximum Gasteiger partial charge on any atom is 0.291 e. The van der Waals surface area contributed by atoms with Crippen LogP contribution in [0.2, 0.25) is 0 Å². The van der Waals surface area contributed by atoms with Crippen molar-refractivity contribution in [2.45, 2.75) is 0 Å². The molecule has 0 spiro atoms. The summed E-state index contributed by atoms with van der Waals surface area (Å²) in [6.07, 6.45) is 0. The van der Waals surface area contributed by atoms with Gasteiger partial charge in [-0.3, -0.25) is 4.79 Å². The van der Waals surface area contributed by atoms with E-state index in [0.717, 1.165) is 16.8 Å². The van der Waals surface area contributed by atoms with Crippen LogP contribution in [0.3, 0.4) is 0 Å². The number of rotatable bonds is 3. The molecule has 0 saturated carbocycles. The summed E-state index contributed by atoms with van der Waals surface area (Å²) >= 11 is 0. The second-order valence-corrected chi connectivity index (χ2v) is 5.04. The summed E-state index contributed by atoms with van der Waals surface area (Å²) in [7, 11) is 3.95. The Kier molecular flexibility index (Phi) is 4.73. The number of carbonyl (C=O) groups is 1. The lowest BCUT2D eigenvalue weighted by molar-refractivity contribution is 0.0998. The highest BCUT2D eigenvalue weighted by Gasteiger charge is 2.12. The van der Waals surface area contributed by atoms with Gasteiger partial charge in [0.25, 0.3) is 5.91 Å². The van der Waals surface area contributed by atoms with Gasteiger partial charge in [0.05, 0.1) is 0 Å². The van der Waals surface area contributed by atoms with Gasteiger partial charge in [0.15, 0.2) is 5.76 Å². The van der Waals surface area contributed by atoms with Gasteiger partial charge in [0.1, 0.15) is 5.58 Å². The first-order valence-corrected chi connectivity index (χ1v) is 6.71.